The number of rotatable bonds is 6. The Hall–Kier alpha value is -2.83. The van der Waals surface area contributed by atoms with Gasteiger partial charge in [-0.15, -0.1) is 0 Å². The van der Waals surface area contributed by atoms with Crippen molar-refractivity contribution in [3.63, 3.8) is 0 Å². The first kappa shape index (κ1) is 22.4. The molecule has 0 saturated carbocycles. The van der Waals surface area contributed by atoms with E-state index >= 15 is 0 Å². The Morgan fingerprint density at radius 2 is 2.00 bits per heavy atom. The van der Waals surface area contributed by atoms with Crippen LogP contribution in [0.15, 0.2) is 24.3 Å². The molecule has 172 valence electrons. The number of urea groups is 1. The molecule has 32 heavy (non-hydrogen) atoms. The molecule has 1 aromatic heterocycles. The first-order valence-corrected chi connectivity index (χ1v) is 11.7. The Morgan fingerprint density at radius 3 is 2.69 bits per heavy atom. The Morgan fingerprint density at radius 1 is 1.25 bits per heavy atom. The maximum atomic E-state index is 13.3. The summed E-state index contributed by atoms with van der Waals surface area (Å²) in [7, 11) is 1.64. The van der Waals surface area contributed by atoms with E-state index in [9.17, 15) is 9.59 Å². The Labute approximate surface area is 190 Å². The number of unbranched alkanes of at least 4 members (excludes halogenated alkanes) is 1. The van der Waals surface area contributed by atoms with Crippen LogP contribution in [-0.2, 0) is 6.42 Å². The molecule has 2 amide bonds. The van der Waals surface area contributed by atoms with E-state index in [1.54, 1.807) is 7.11 Å². The minimum atomic E-state index is -0.171. The maximum Gasteiger partial charge on any atom is 0.317 e. The summed E-state index contributed by atoms with van der Waals surface area (Å²) in [5, 5.41) is 8.01. The molecule has 2 heterocycles. The molecular weight excluding hydrogens is 404 g/mol. The van der Waals surface area contributed by atoms with Gasteiger partial charge in [0.15, 0.2) is 5.78 Å². The van der Waals surface area contributed by atoms with Crippen molar-refractivity contribution >= 4 is 11.8 Å². The fourth-order valence-corrected chi connectivity index (χ4v) is 4.92. The van der Waals surface area contributed by atoms with Gasteiger partial charge in [0.2, 0.25) is 0 Å². The zero-order valence-corrected chi connectivity index (χ0v) is 19.6. The van der Waals surface area contributed by atoms with Crippen LogP contribution in [0.1, 0.15) is 80.7 Å². The number of fused-ring (bicyclic) bond motifs is 1. The average Bonchev–Trinajstić information content (AvgIpc) is 3.38. The van der Waals surface area contributed by atoms with Crippen molar-refractivity contribution in [2.24, 2.45) is 5.41 Å². The first-order chi connectivity index (χ1) is 15.3. The number of nitrogens with one attached hydrogen (secondary N) is 1. The van der Waals surface area contributed by atoms with Crippen LogP contribution in [0.4, 0.5) is 4.79 Å². The minimum absolute atomic E-state index is 0.0581. The zero-order valence-electron chi connectivity index (χ0n) is 19.6. The standard InChI is InChI=1S/C25H34N4O3/c1-5-6-13-26-24(31)28-14-7-8-19(28)23-22-20(15-25(2,3)16-21(22)30)29(27-23)17-9-11-18(32-4)12-10-17/h9-12,19H,5-8,13-16H2,1-4H3,(H,26,31)/t19-/m0/s1. The number of hydrogen-bond donors (Lipinski definition) is 1. The molecule has 1 N–H and O–H groups in total. The molecule has 2 aliphatic rings. The van der Waals surface area contributed by atoms with Crippen LogP contribution < -0.4 is 10.1 Å². The van der Waals surface area contributed by atoms with Crippen molar-refractivity contribution in [1.29, 1.82) is 0 Å². The number of hydrogen-bond acceptors (Lipinski definition) is 4. The number of ketones is 1. The van der Waals surface area contributed by atoms with E-state index < -0.39 is 0 Å². The van der Waals surface area contributed by atoms with Crippen LogP contribution in [0, 0.1) is 5.41 Å². The number of amides is 2. The van der Waals surface area contributed by atoms with Gasteiger partial charge >= 0.3 is 6.03 Å². The number of aromatic nitrogens is 2. The average molecular weight is 439 g/mol. The van der Waals surface area contributed by atoms with Gasteiger partial charge in [-0.3, -0.25) is 4.79 Å². The summed E-state index contributed by atoms with van der Waals surface area (Å²) in [4.78, 5) is 28.1. The predicted molar refractivity (Wildman–Crippen MR) is 124 cm³/mol. The van der Waals surface area contributed by atoms with E-state index in [-0.39, 0.29) is 23.3 Å². The molecule has 1 fully saturated rings. The van der Waals surface area contributed by atoms with Gasteiger partial charge in [0.05, 0.1) is 35.8 Å². The summed E-state index contributed by atoms with van der Waals surface area (Å²) in [5.41, 5.74) is 3.19. The highest BCUT2D eigenvalue weighted by atomic mass is 16.5. The molecule has 0 unspecified atom stereocenters. The SMILES string of the molecule is CCCCNC(=O)N1CCC[C@H]1c1nn(-c2ccc(OC)cc2)c2c1C(=O)CC(C)(C)C2. The summed E-state index contributed by atoms with van der Waals surface area (Å²) >= 11 is 0. The van der Waals surface area contributed by atoms with Crippen LogP contribution in [-0.4, -0.2) is 46.7 Å². The molecule has 1 aromatic carbocycles. The number of nitrogens with zero attached hydrogens (tertiary/aromatic N) is 3. The molecule has 7 nitrogen and oxygen atoms in total. The summed E-state index contributed by atoms with van der Waals surface area (Å²) in [6.45, 7) is 7.72. The van der Waals surface area contributed by atoms with Gasteiger partial charge in [0.25, 0.3) is 0 Å². The highest BCUT2D eigenvalue weighted by molar-refractivity contribution is 6.00. The fraction of sp³-hybridized carbons (Fsp3) is 0.560. The fourth-order valence-electron chi connectivity index (χ4n) is 4.92. The zero-order chi connectivity index (χ0) is 22.9. The number of methoxy groups -OCH3 is 1. The van der Waals surface area contributed by atoms with Gasteiger partial charge in [0, 0.05) is 19.5 Å². The van der Waals surface area contributed by atoms with Gasteiger partial charge in [-0.05, 0) is 55.4 Å². The third-order valence-corrected chi connectivity index (χ3v) is 6.52. The second-order valence-corrected chi connectivity index (χ2v) is 9.69. The van der Waals surface area contributed by atoms with E-state index in [0.29, 0.717) is 19.5 Å². The number of benzene rings is 1. The normalized spacial score (nSPS) is 19.7. The number of ether oxygens (including phenoxy) is 1. The van der Waals surface area contributed by atoms with Crippen LogP contribution in [0.5, 0.6) is 5.75 Å². The van der Waals surface area contributed by atoms with Crippen molar-refractivity contribution in [2.45, 2.75) is 65.3 Å². The summed E-state index contributed by atoms with van der Waals surface area (Å²) in [6, 6.07) is 7.51. The molecule has 1 aliphatic heterocycles. The van der Waals surface area contributed by atoms with Gasteiger partial charge in [-0.2, -0.15) is 5.10 Å². The second kappa shape index (κ2) is 8.96. The molecule has 0 spiro atoms. The lowest BCUT2D eigenvalue weighted by Crippen LogP contribution is -2.40. The van der Waals surface area contributed by atoms with E-state index in [1.165, 1.54) is 0 Å². The molecule has 4 rings (SSSR count). The highest BCUT2D eigenvalue weighted by Gasteiger charge is 2.41. The number of likely N-dealkylation sites (tertiary alicyclic amines) is 1. The second-order valence-electron chi connectivity index (χ2n) is 9.69. The lowest BCUT2D eigenvalue weighted by molar-refractivity contribution is 0.0907. The summed E-state index contributed by atoms with van der Waals surface area (Å²) in [6.07, 6.45) is 4.99. The topological polar surface area (TPSA) is 76.5 Å². The number of carbonyl (C=O) groups excluding carboxylic acids is 2. The molecule has 0 radical (unpaired) electrons. The van der Waals surface area contributed by atoms with Crippen molar-refractivity contribution in [3.8, 4) is 11.4 Å². The maximum absolute atomic E-state index is 13.3. The number of carbonyl (C=O) groups is 2. The predicted octanol–water partition coefficient (Wildman–Crippen LogP) is 4.68. The minimum Gasteiger partial charge on any atom is -0.497 e. The van der Waals surface area contributed by atoms with Crippen LogP contribution in [0.3, 0.4) is 0 Å². The van der Waals surface area contributed by atoms with Crippen molar-refractivity contribution in [3.05, 3.63) is 41.2 Å². The molecule has 1 saturated heterocycles. The van der Waals surface area contributed by atoms with E-state index in [4.69, 9.17) is 9.84 Å². The van der Waals surface area contributed by atoms with Crippen LogP contribution >= 0.6 is 0 Å². The van der Waals surface area contributed by atoms with Crippen LogP contribution in [0.2, 0.25) is 0 Å². The van der Waals surface area contributed by atoms with Crippen molar-refractivity contribution in [2.75, 3.05) is 20.2 Å². The summed E-state index contributed by atoms with van der Waals surface area (Å²) < 4.78 is 7.21. The van der Waals surface area contributed by atoms with Gasteiger partial charge in [-0.25, -0.2) is 9.48 Å². The molecule has 2 aromatic rings. The summed E-state index contributed by atoms with van der Waals surface area (Å²) in [5.74, 6) is 0.904. The van der Waals surface area contributed by atoms with E-state index in [2.05, 4.69) is 26.1 Å². The molecule has 1 aliphatic carbocycles. The highest BCUT2D eigenvalue weighted by Crippen LogP contribution is 2.42. The number of Topliss-reactive ketones (excluding diaryl/α,β-unsaturated/α-hetero) is 1. The Bertz CT molecular complexity index is 993. The third-order valence-electron chi connectivity index (χ3n) is 6.52. The lowest BCUT2D eigenvalue weighted by Gasteiger charge is -2.30. The Kier molecular flexibility index (Phi) is 6.26. The Balaban J connectivity index is 1.75. The smallest absolute Gasteiger partial charge is 0.317 e. The van der Waals surface area contributed by atoms with Gasteiger partial charge in [-0.1, -0.05) is 27.2 Å². The first-order valence-electron chi connectivity index (χ1n) is 11.7. The molecule has 7 heteroatoms. The monoisotopic (exact) mass is 438 g/mol. The van der Waals surface area contributed by atoms with Crippen LogP contribution in [0.25, 0.3) is 5.69 Å². The van der Waals surface area contributed by atoms with Gasteiger partial charge in [0.1, 0.15) is 5.75 Å². The van der Waals surface area contributed by atoms with Crippen molar-refractivity contribution < 1.29 is 14.3 Å². The van der Waals surface area contributed by atoms with E-state index in [0.717, 1.165) is 60.5 Å². The third kappa shape index (κ3) is 4.25. The molecule has 1 atom stereocenters. The quantitative estimate of drug-likeness (QED) is 0.664. The largest absolute Gasteiger partial charge is 0.497 e. The molecular formula is C25H34N4O3. The van der Waals surface area contributed by atoms with E-state index in [1.807, 2.05) is 33.8 Å². The lowest BCUT2D eigenvalue weighted by atomic mass is 9.75. The van der Waals surface area contributed by atoms with Crippen molar-refractivity contribution in [1.82, 2.24) is 20.0 Å². The molecule has 0 bridgehead atoms. The van der Waals surface area contributed by atoms with Gasteiger partial charge < -0.3 is 15.0 Å².